The van der Waals surface area contributed by atoms with Gasteiger partial charge in [0, 0.05) is 24.6 Å². The van der Waals surface area contributed by atoms with E-state index in [-0.39, 0.29) is 5.75 Å². The Morgan fingerprint density at radius 1 is 1.23 bits per heavy atom. The predicted octanol–water partition coefficient (Wildman–Crippen LogP) is 2.36. The van der Waals surface area contributed by atoms with Gasteiger partial charge in [-0.05, 0) is 25.3 Å². The lowest BCUT2D eigenvalue weighted by Gasteiger charge is -2.13. The second-order valence-electron chi connectivity index (χ2n) is 5.66. The molecule has 0 fully saturated rings. The second kappa shape index (κ2) is 7.45. The van der Waals surface area contributed by atoms with Crippen LogP contribution in [0.5, 0.6) is 0 Å². The van der Waals surface area contributed by atoms with Crippen LogP contribution in [0.2, 0.25) is 0 Å². The SMILES string of the molecule is C[C@@H](CCc1ccccc1)Nc1ccn(CCS(C)(=O)=O)n1. The van der Waals surface area contributed by atoms with Crippen molar-refractivity contribution in [2.45, 2.75) is 32.4 Å². The molecule has 0 aliphatic heterocycles. The highest BCUT2D eigenvalue weighted by Gasteiger charge is 2.07. The fourth-order valence-electron chi connectivity index (χ4n) is 2.18. The molecule has 2 aromatic rings. The summed E-state index contributed by atoms with van der Waals surface area (Å²) in [5.74, 6) is 0.895. The molecule has 1 N–H and O–H groups in total. The van der Waals surface area contributed by atoms with Crippen LogP contribution in [-0.2, 0) is 22.8 Å². The number of benzene rings is 1. The normalized spacial score (nSPS) is 13.0. The van der Waals surface area contributed by atoms with Gasteiger partial charge in [-0.3, -0.25) is 4.68 Å². The predicted molar refractivity (Wildman–Crippen MR) is 89.8 cm³/mol. The highest BCUT2D eigenvalue weighted by atomic mass is 32.2. The van der Waals surface area contributed by atoms with Crippen LogP contribution in [0.1, 0.15) is 18.9 Å². The number of anilines is 1. The molecule has 0 aliphatic rings. The van der Waals surface area contributed by atoms with Gasteiger partial charge in [0.05, 0.1) is 12.3 Å². The lowest BCUT2D eigenvalue weighted by molar-refractivity contribution is 0.585. The van der Waals surface area contributed by atoms with Crippen molar-refractivity contribution in [2.24, 2.45) is 0 Å². The summed E-state index contributed by atoms with van der Waals surface area (Å²) in [5.41, 5.74) is 1.33. The van der Waals surface area contributed by atoms with Crippen LogP contribution in [0.25, 0.3) is 0 Å². The Hall–Kier alpha value is -1.82. The lowest BCUT2D eigenvalue weighted by atomic mass is 10.1. The third-order valence-corrected chi connectivity index (χ3v) is 4.36. The molecule has 1 atom stereocenters. The molecule has 0 radical (unpaired) electrons. The number of aromatic nitrogens is 2. The molecule has 22 heavy (non-hydrogen) atoms. The van der Waals surface area contributed by atoms with Crippen LogP contribution >= 0.6 is 0 Å². The zero-order valence-electron chi connectivity index (χ0n) is 13.1. The molecule has 0 bridgehead atoms. The highest BCUT2D eigenvalue weighted by molar-refractivity contribution is 7.90. The van der Waals surface area contributed by atoms with E-state index in [0.717, 1.165) is 18.7 Å². The summed E-state index contributed by atoms with van der Waals surface area (Å²) in [5, 5.41) is 7.70. The van der Waals surface area contributed by atoms with Gasteiger partial charge >= 0.3 is 0 Å². The van der Waals surface area contributed by atoms with E-state index in [9.17, 15) is 8.42 Å². The molecule has 0 unspecified atom stereocenters. The Bertz CT molecular complexity index is 680. The monoisotopic (exact) mass is 321 g/mol. The summed E-state index contributed by atoms with van der Waals surface area (Å²) in [4.78, 5) is 0. The Kier molecular flexibility index (Phi) is 5.60. The van der Waals surface area contributed by atoms with E-state index < -0.39 is 9.84 Å². The van der Waals surface area contributed by atoms with Gasteiger partial charge in [0.15, 0.2) is 0 Å². The minimum Gasteiger partial charge on any atom is -0.366 e. The van der Waals surface area contributed by atoms with Crippen molar-refractivity contribution in [1.82, 2.24) is 9.78 Å². The quantitative estimate of drug-likeness (QED) is 0.811. The fourth-order valence-corrected chi connectivity index (χ4v) is 2.69. The molecule has 5 nitrogen and oxygen atoms in total. The van der Waals surface area contributed by atoms with Gasteiger partial charge in [0.25, 0.3) is 0 Å². The summed E-state index contributed by atoms with van der Waals surface area (Å²) in [6.07, 6.45) is 5.07. The molecule has 1 aromatic heterocycles. The van der Waals surface area contributed by atoms with Crippen LogP contribution in [-0.4, -0.2) is 36.2 Å². The summed E-state index contributed by atoms with van der Waals surface area (Å²) >= 11 is 0. The van der Waals surface area contributed by atoms with Crippen LogP contribution in [0.4, 0.5) is 5.82 Å². The van der Waals surface area contributed by atoms with E-state index in [1.807, 2.05) is 12.1 Å². The van der Waals surface area contributed by atoms with E-state index in [2.05, 4.69) is 41.6 Å². The molecular weight excluding hydrogens is 298 g/mol. The smallest absolute Gasteiger partial charge is 0.149 e. The van der Waals surface area contributed by atoms with Crippen molar-refractivity contribution in [3.05, 3.63) is 48.2 Å². The van der Waals surface area contributed by atoms with E-state index >= 15 is 0 Å². The first-order valence-corrected chi connectivity index (χ1v) is 9.50. The van der Waals surface area contributed by atoms with Crippen molar-refractivity contribution in [3.63, 3.8) is 0 Å². The average molecular weight is 321 g/mol. The Balaban J connectivity index is 1.79. The molecule has 0 amide bonds. The van der Waals surface area contributed by atoms with Crippen LogP contribution in [0, 0.1) is 0 Å². The second-order valence-corrected chi connectivity index (χ2v) is 7.92. The largest absolute Gasteiger partial charge is 0.366 e. The molecule has 1 heterocycles. The molecule has 1 aromatic carbocycles. The van der Waals surface area contributed by atoms with Gasteiger partial charge < -0.3 is 5.32 Å². The van der Waals surface area contributed by atoms with E-state index in [0.29, 0.717) is 12.6 Å². The van der Waals surface area contributed by atoms with Gasteiger partial charge in [0.1, 0.15) is 15.7 Å². The summed E-state index contributed by atoms with van der Waals surface area (Å²) in [6.45, 7) is 2.51. The molecule has 120 valence electrons. The lowest BCUT2D eigenvalue weighted by Crippen LogP contribution is -2.17. The number of hydrogen-bond donors (Lipinski definition) is 1. The third-order valence-electron chi connectivity index (χ3n) is 3.43. The van der Waals surface area contributed by atoms with E-state index in [4.69, 9.17) is 0 Å². The number of rotatable bonds is 8. The summed E-state index contributed by atoms with van der Waals surface area (Å²) < 4.78 is 24.0. The molecule has 6 heteroatoms. The van der Waals surface area contributed by atoms with Gasteiger partial charge in [-0.25, -0.2) is 8.42 Å². The van der Waals surface area contributed by atoms with Gasteiger partial charge in [-0.15, -0.1) is 0 Å². The first-order chi connectivity index (χ1) is 10.4. The van der Waals surface area contributed by atoms with Crippen LogP contribution in [0.15, 0.2) is 42.6 Å². The van der Waals surface area contributed by atoms with Crippen molar-refractivity contribution >= 4 is 15.7 Å². The minimum atomic E-state index is -2.96. The number of aryl methyl sites for hydroxylation is 2. The zero-order valence-corrected chi connectivity index (χ0v) is 13.9. The Morgan fingerprint density at radius 2 is 1.95 bits per heavy atom. The Labute approximate surface area is 132 Å². The van der Waals surface area contributed by atoms with Crippen LogP contribution < -0.4 is 5.32 Å². The van der Waals surface area contributed by atoms with Gasteiger partial charge in [0.2, 0.25) is 0 Å². The Morgan fingerprint density at radius 3 is 2.64 bits per heavy atom. The summed E-state index contributed by atoms with van der Waals surface area (Å²) in [6, 6.07) is 12.6. The van der Waals surface area contributed by atoms with Gasteiger partial charge in [-0.1, -0.05) is 30.3 Å². The number of sulfone groups is 1. The fraction of sp³-hybridized carbons (Fsp3) is 0.438. The van der Waals surface area contributed by atoms with Crippen molar-refractivity contribution in [3.8, 4) is 0 Å². The maximum atomic E-state index is 11.2. The number of nitrogens with zero attached hydrogens (tertiary/aromatic N) is 2. The van der Waals surface area contributed by atoms with E-state index in [1.54, 1.807) is 10.9 Å². The highest BCUT2D eigenvalue weighted by Crippen LogP contribution is 2.10. The molecular formula is C16H23N3O2S. The first kappa shape index (κ1) is 16.5. The molecule has 0 saturated heterocycles. The molecule has 2 rings (SSSR count). The standard InChI is InChI=1S/C16H23N3O2S/c1-14(8-9-15-6-4-3-5-7-15)17-16-10-11-19(18-16)12-13-22(2,20)21/h3-7,10-11,14H,8-9,12-13H2,1-2H3,(H,17,18)/t14-/m0/s1. The third kappa shape index (κ3) is 5.89. The van der Waals surface area contributed by atoms with Crippen LogP contribution in [0.3, 0.4) is 0 Å². The topological polar surface area (TPSA) is 64.0 Å². The minimum absolute atomic E-state index is 0.109. The number of nitrogens with one attached hydrogen (secondary N) is 1. The average Bonchev–Trinajstić information content (AvgIpc) is 2.91. The molecule has 0 aliphatic carbocycles. The van der Waals surface area contributed by atoms with Crippen molar-refractivity contribution < 1.29 is 8.42 Å². The zero-order chi connectivity index (χ0) is 16.0. The van der Waals surface area contributed by atoms with Crippen molar-refractivity contribution in [1.29, 1.82) is 0 Å². The molecule has 0 spiro atoms. The molecule has 0 saturated carbocycles. The maximum absolute atomic E-state index is 11.2. The number of hydrogen-bond acceptors (Lipinski definition) is 4. The van der Waals surface area contributed by atoms with E-state index in [1.165, 1.54) is 11.8 Å². The maximum Gasteiger partial charge on any atom is 0.149 e. The van der Waals surface area contributed by atoms with Gasteiger partial charge in [-0.2, -0.15) is 5.10 Å². The summed E-state index contributed by atoms with van der Waals surface area (Å²) in [7, 11) is -2.96. The first-order valence-electron chi connectivity index (χ1n) is 7.44. The van der Waals surface area contributed by atoms with Crippen molar-refractivity contribution in [2.75, 3.05) is 17.3 Å².